The summed E-state index contributed by atoms with van der Waals surface area (Å²) in [6, 6.07) is 4.19. The standard InChI is InChI=1S/C12H10ClFN4O/c1-15-12(19)7-3-2-4-9(14)10(7)18-11-8(13)5-16-6-17-11/h2-6H,1H3,(H,15,19)(H,16,17,18). The van der Waals surface area contributed by atoms with Crippen molar-refractivity contribution >= 4 is 29.0 Å². The van der Waals surface area contributed by atoms with Crippen molar-refractivity contribution in [2.24, 2.45) is 0 Å². The van der Waals surface area contributed by atoms with E-state index >= 15 is 0 Å². The van der Waals surface area contributed by atoms with Crippen LogP contribution >= 0.6 is 11.6 Å². The number of halogens is 2. The number of hydrogen-bond donors (Lipinski definition) is 2. The van der Waals surface area contributed by atoms with Crippen LogP contribution in [0.5, 0.6) is 0 Å². The molecule has 2 rings (SSSR count). The van der Waals surface area contributed by atoms with Gasteiger partial charge in [0.2, 0.25) is 0 Å². The van der Waals surface area contributed by atoms with Crippen molar-refractivity contribution in [3.05, 3.63) is 47.1 Å². The first-order valence-electron chi connectivity index (χ1n) is 5.36. The molecule has 1 aromatic carbocycles. The zero-order valence-corrected chi connectivity index (χ0v) is 10.7. The molecule has 1 amide bonds. The van der Waals surface area contributed by atoms with Gasteiger partial charge in [0, 0.05) is 7.05 Å². The van der Waals surface area contributed by atoms with Crippen LogP contribution in [-0.4, -0.2) is 22.9 Å². The van der Waals surface area contributed by atoms with E-state index < -0.39 is 11.7 Å². The number of carbonyl (C=O) groups is 1. The maximum Gasteiger partial charge on any atom is 0.253 e. The minimum atomic E-state index is -0.573. The van der Waals surface area contributed by atoms with E-state index in [0.717, 1.165) is 0 Å². The van der Waals surface area contributed by atoms with Crippen molar-refractivity contribution in [1.29, 1.82) is 0 Å². The van der Waals surface area contributed by atoms with Crippen molar-refractivity contribution in [3.63, 3.8) is 0 Å². The molecule has 19 heavy (non-hydrogen) atoms. The van der Waals surface area contributed by atoms with E-state index in [2.05, 4.69) is 20.6 Å². The summed E-state index contributed by atoms with van der Waals surface area (Å²) < 4.78 is 13.8. The maximum atomic E-state index is 13.8. The van der Waals surface area contributed by atoms with Crippen molar-refractivity contribution < 1.29 is 9.18 Å². The Morgan fingerprint density at radius 1 is 1.42 bits per heavy atom. The van der Waals surface area contributed by atoms with Crippen LogP contribution in [0.25, 0.3) is 0 Å². The van der Waals surface area contributed by atoms with Gasteiger partial charge in [0.05, 0.1) is 17.4 Å². The highest BCUT2D eigenvalue weighted by molar-refractivity contribution is 6.32. The summed E-state index contributed by atoms with van der Waals surface area (Å²) in [6.45, 7) is 0. The molecule has 5 nitrogen and oxygen atoms in total. The molecular formula is C12H10ClFN4O. The lowest BCUT2D eigenvalue weighted by molar-refractivity contribution is 0.0963. The fourth-order valence-electron chi connectivity index (χ4n) is 1.50. The Balaban J connectivity index is 2.45. The van der Waals surface area contributed by atoms with Crippen LogP contribution in [0.3, 0.4) is 0 Å². The first-order chi connectivity index (χ1) is 9.13. The zero-order valence-electron chi connectivity index (χ0n) is 9.95. The quantitative estimate of drug-likeness (QED) is 0.906. The van der Waals surface area contributed by atoms with Gasteiger partial charge in [-0.05, 0) is 12.1 Å². The number of anilines is 2. The first kappa shape index (κ1) is 13.2. The molecule has 0 aliphatic heterocycles. The summed E-state index contributed by atoms with van der Waals surface area (Å²) >= 11 is 5.88. The number of amides is 1. The molecule has 1 heterocycles. The Morgan fingerprint density at radius 2 is 2.21 bits per heavy atom. The number of rotatable bonds is 3. The molecule has 98 valence electrons. The first-order valence-corrected chi connectivity index (χ1v) is 5.74. The molecule has 1 aromatic heterocycles. The van der Waals surface area contributed by atoms with Gasteiger partial charge in [0.15, 0.2) is 5.82 Å². The van der Waals surface area contributed by atoms with Crippen LogP contribution in [0.4, 0.5) is 15.9 Å². The van der Waals surface area contributed by atoms with Crippen molar-refractivity contribution in [1.82, 2.24) is 15.3 Å². The maximum absolute atomic E-state index is 13.8. The molecule has 7 heteroatoms. The molecule has 0 aliphatic carbocycles. The average Bonchev–Trinajstić information content (AvgIpc) is 2.42. The SMILES string of the molecule is CNC(=O)c1cccc(F)c1Nc1ncncc1Cl. The Bertz CT molecular complexity index is 620. The van der Waals surface area contributed by atoms with E-state index in [9.17, 15) is 9.18 Å². The fraction of sp³-hybridized carbons (Fsp3) is 0.0833. The van der Waals surface area contributed by atoms with Gasteiger partial charge >= 0.3 is 0 Å². The zero-order chi connectivity index (χ0) is 13.8. The topological polar surface area (TPSA) is 66.9 Å². The number of para-hydroxylation sites is 1. The molecule has 2 aromatic rings. The Labute approximate surface area is 113 Å². The molecule has 0 fully saturated rings. The summed E-state index contributed by atoms with van der Waals surface area (Å²) in [5, 5.41) is 5.37. The third kappa shape index (κ3) is 2.79. The minimum Gasteiger partial charge on any atom is -0.355 e. The highest BCUT2D eigenvalue weighted by Gasteiger charge is 2.15. The van der Waals surface area contributed by atoms with E-state index in [1.54, 1.807) is 0 Å². The lowest BCUT2D eigenvalue weighted by Gasteiger charge is -2.12. The number of carbonyl (C=O) groups excluding carboxylic acids is 1. The summed E-state index contributed by atoms with van der Waals surface area (Å²) in [4.78, 5) is 19.3. The Hall–Kier alpha value is -2.21. The van der Waals surface area contributed by atoms with E-state index in [0.29, 0.717) is 0 Å². The second-order valence-electron chi connectivity index (χ2n) is 3.59. The predicted molar refractivity (Wildman–Crippen MR) is 70.1 cm³/mol. The van der Waals surface area contributed by atoms with Gasteiger partial charge in [0.25, 0.3) is 5.91 Å². The molecule has 0 saturated heterocycles. The molecule has 0 bridgehead atoms. The number of hydrogen-bond acceptors (Lipinski definition) is 4. The summed E-state index contributed by atoms with van der Waals surface area (Å²) in [6.07, 6.45) is 2.64. The second-order valence-corrected chi connectivity index (χ2v) is 3.99. The normalized spacial score (nSPS) is 10.1. The van der Waals surface area contributed by atoms with Crippen LogP contribution in [0, 0.1) is 5.82 Å². The van der Waals surface area contributed by atoms with Crippen LogP contribution < -0.4 is 10.6 Å². The molecule has 0 atom stereocenters. The summed E-state index contributed by atoms with van der Waals surface area (Å²) in [7, 11) is 1.47. The summed E-state index contributed by atoms with van der Waals surface area (Å²) in [5.74, 6) is -0.755. The van der Waals surface area contributed by atoms with Crippen LogP contribution in [0.15, 0.2) is 30.7 Å². The van der Waals surface area contributed by atoms with Gasteiger partial charge in [-0.15, -0.1) is 0 Å². The van der Waals surface area contributed by atoms with Gasteiger partial charge in [-0.25, -0.2) is 14.4 Å². The number of benzene rings is 1. The van der Waals surface area contributed by atoms with Crippen molar-refractivity contribution in [2.45, 2.75) is 0 Å². The predicted octanol–water partition coefficient (Wildman–Crippen LogP) is 2.37. The van der Waals surface area contributed by atoms with Gasteiger partial charge in [-0.1, -0.05) is 17.7 Å². The van der Waals surface area contributed by atoms with Gasteiger partial charge < -0.3 is 10.6 Å². The van der Waals surface area contributed by atoms with E-state index in [4.69, 9.17) is 11.6 Å². The third-order valence-electron chi connectivity index (χ3n) is 2.40. The minimum absolute atomic E-state index is 0.0162. The Morgan fingerprint density at radius 3 is 2.89 bits per heavy atom. The molecular weight excluding hydrogens is 271 g/mol. The molecule has 0 aliphatic rings. The van der Waals surface area contributed by atoms with Gasteiger partial charge in [-0.3, -0.25) is 4.79 Å². The third-order valence-corrected chi connectivity index (χ3v) is 2.67. The van der Waals surface area contributed by atoms with Crippen LogP contribution in [0.1, 0.15) is 10.4 Å². The van der Waals surface area contributed by atoms with Gasteiger partial charge in [0.1, 0.15) is 17.2 Å². The molecule has 2 N–H and O–H groups in total. The van der Waals surface area contributed by atoms with E-state index in [1.807, 2.05) is 0 Å². The lowest BCUT2D eigenvalue weighted by Crippen LogP contribution is -2.19. The largest absolute Gasteiger partial charge is 0.355 e. The number of aromatic nitrogens is 2. The highest BCUT2D eigenvalue weighted by Crippen LogP contribution is 2.26. The monoisotopic (exact) mass is 280 g/mol. The van der Waals surface area contributed by atoms with Crippen molar-refractivity contribution in [2.75, 3.05) is 12.4 Å². The molecule has 0 unspecified atom stereocenters. The fourth-order valence-corrected chi connectivity index (χ4v) is 1.65. The smallest absolute Gasteiger partial charge is 0.253 e. The van der Waals surface area contributed by atoms with Crippen molar-refractivity contribution in [3.8, 4) is 0 Å². The lowest BCUT2D eigenvalue weighted by atomic mass is 10.1. The second kappa shape index (κ2) is 5.62. The average molecular weight is 281 g/mol. The molecule has 0 saturated carbocycles. The highest BCUT2D eigenvalue weighted by atomic mass is 35.5. The summed E-state index contributed by atoms with van der Waals surface area (Å²) in [5.41, 5.74) is 0.180. The van der Waals surface area contributed by atoms with E-state index in [1.165, 1.54) is 37.8 Å². The van der Waals surface area contributed by atoms with Gasteiger partial charge in [-0.2, -0.15) is 0 Å². The number of nitrogens with one attached hydrogen (secondary N) is 2. The van der Waals surface area contributed by atoms with Crippen LogP contribution in [0.2, 0.25) is 5.02 Å². The molecule has 0 radical (unpaired) electrons. The van der Waals surface area contributed by atoms with E-state index in [-0.39, 0.29) is 22.1 Å². The molecule has 0 spiro atoms. The Kier molecular flexibility index (Phi) is 3.91. The number of nitrogens with zero attached hydrogens (tertiary/aromatic N) is 2. The van der Waals surface area contributed by atoms with Crippen LogP contribution in [-0.2, 0) is 0 Å².